The Hall–Kier alpha value is -0.610. The first-order valence-corrected chi connectivity index (χ1v) is 5.18. The molecule has 1 aliphatic rings. The van der Waals surface area contributed by atoms with Crippen LogP contribution in [0.3, 0.4) is 0 Å². The molecule has 0 spiro atoms. The highest BCUT2D eigenvalue weighted by atomic mass is 79.9. The zero-order chi connectivity index (χ0) is 9.10. The van der Waals surface area contributed by atoms with Crippen LogP contribution in [0.25, 0.3) is 0 Å². The smallest absolute Gasteiger partial charge is 0.166 e. The zero-order valence-corrected chi connectivity index (χ0v) is 8.83. The third-order valence-corrected chi connectivity index (χ3v) is 2.60. The summed E-state index contributed by atoms with van der Waals surface area (Å²) in [7, 11) is 0. The number of hydroxylamine groups is 1. The largest absolute Gasteiger partial charge is 0.272 e. The highest BCUT2D eigenvalue weighted by Crippen LogP contribution is 2.24. The van der Waals surface area contributed by atoms with Crippen molar-refractivity contribution in [1.29, 1.82) is 0 Å². The second-order valence-electron chi connectivity index (χ2n) is 2.95. The molecule has 3 nitrogen and oxygen atoms in total. The number of rotatable bonds is 1. The predicted molar refractivity (Wildman–Crippen MR) is 54.5 cm³/mol. The SMILES string of the molecule is Brc1cccnc1N1CCCCO1. The van der Waals surface area contributed by atoms with Crippen LogP contribution in [-0.4, -0.2) is 18.1 Å². The van der Waals surface area contributed by atoms with E-state index >= 15 is 0 Å². The molecule has 1 fully saturated rings. The van der Waals surface area contributed by atoms with Crippen LogP contribution in [0.2, 0.25) is 0 Å². The summed E-state index contributed by atoms with van der Waals surface area (Å²) in [5.41, 5.74) is 0. The van der Waals surface area contributed by atoms with Gasteiger partial charge in [0.2, 0.25) is 0 Å². The highest BCUT2D eigenvalue weighted by molar-refractivity contribution is 9.10. The lowest BCUT2D eigenvalue weighted by atomic mass is 10.3. The van der Waals surface area contributed by atoms with Gasteiger partial charge in [-0.25, -0.2) is 10.0 Å². The molecule has 0 saturated carbocycles. The van der Waals surface area contributed by atoms with Gasteiger partial charge in [-0.3, -0.25) is 4.84 Å². The molecular weight excluding hydrogens is 232 g/mol. The van der Waals surface area contributed by atoms with Crippen LogP contribution in [0.1, 0.15) is 12.8 Å². The minimum absolute atomic E-state index is 0.795. The van der Waals surface area contributed by atoms with Gasteiger partial charge < -0.3 is 0 Å². The first kappa shape index (κ1) is 8.97. The Morgan fingerprint density at radius 1 is 1.46 bits per heavy atom. The lowest BCUT2D eigenvalue weighted by Gasteiger charge is -2.27. The first-order chi connectivity index (χ1) is 6.38. The number of hydrogen-bond donors (Lipinski definition) is 0. The molecule has 2 rings (SSSR count). The van der Waals surface area contributed by atoms with E-state index in [9.17, 15) is 0 Å². The van der Waals surface area contributed by atoms with Crippen molar-refractivity contribution in [2.24, 2.45) is 0 Å². The maximum atomic E-state index is 5.49. The number of aromatic nitrogens is 1. The van der Waals surface area contributed by atoms with E-state index in [1.807, 2.05) is 17.2 Å². The molecule has 2 heterocycles. The van der Waals surface area contributed by atoms with Crippen molar-refractivity contribution < 1.29 is 4.84 Å². The van der Waals surface area contributed by atoms with Gasteiger partial charge in [-0.15, -0.1) is 0 Å². The van der Waals surface area contributed by atoms with E-state index in [1.165, 1.54) is 6.42 Å². The third-order valence-electron chi connectivity index (χ3n) is 1.98. The van der Waals surface area contributed by atoms with Gasteiger partial charge in [0.15, 0.2) is 5.82 Å². The van der Waals surface area contributed by atoms with Crippen molar-refractivity contribution in [1.82, 2.24) is 4.98 Å². The van der Waals surface area contributed by atoms with E-state index in [0.717, 1.165) is 29.9 Å². The van der Waals surface area contributed by atoms with Crippen LogP contribution in [0.5, 0.6) is 0 Å². The molecule has 70 valence electrons. The molecule has 1 aromatic heterocycles. The van der Waals surface area contributed by atoms with Crippen molar-refractivity contribution in [3.05, 3.63) is 22.8 Å². The van der Waals surface area contributed by atoms with Gasteiger partial charge in [-0.05, 0) is 40.9 Å². The molecular formula is C9H11BrN2O. The topological polar surface area (TPSA) is 25.4 Å². The number of pyridine rings is 1. The summed E-state index contributed by atoms with van der Waals surface area (Å²) in [5, 5.41) is 1.85. The van der Waals surface area contributed by atoms with Gasteiger partial charge >= 0.3 is 0 Å². The number of nitrogens with zero attached hydrogens (tertiary/aromatic N) is 2. The Labute approximate surface area is 85.8 Å². The predicted octanol–water partition coefficient (Wildman–Crippen LogP) is 2.38. The molecule has 13 heavy (non-hydrogen) atoms. The third kappa shape index (κ3) is 2.00. The molecule has 0 unspecified atom stereocenters. The van der Waals surface area contributed by atoms with Crippen LogP contribution < -0.4 is 5.06 Å². The lowest BCUT2D eigenvalue weighted by molar-refractivity contribution is 0.0758. The molecule has 0 aliphatic carbocycles. The van der Waals surface area contributed by atoms with Gasteiger partial charge in [0.25, 0.3) is 0 Å². The molecule has 0 atom stereocenters. The highest BCUT2D eigenvalue weighted by Gasteiger charge is 2.14. The maximum absolute atomic E-state index is 5.49. The summed E-state index contributed by atoms with van der Waals surface area (Å²) >= 11 is 3.45. The van der Waals surface area contributed by atoms with Crippen molar-refractivity contribution in [3.8, 4) is 0 Å². The van der Waals surface area contributed by atoms with Crippen molar-refractivity contribution in [3.63, 3.8) is 0 Å². The molecule has 1 aromatic rings. The fourth-order valence-electron chi connectivity index (χ4n) is 1.32. The summed E-state index contributed by atoms with van der Waals surface area (Å²) in [6.45, 7) is 1.72. The maximum Gasteiger partial charge on any atom is 0.166 e. The van der Waals surface area contributed by atoms with Gasteiger partial charge in [0.05, 0.1) is 11.1 Å². The second kappa shape index (κ2) is 4.07. The molecule has 1 aliphatic heterocycles. The molecule has 0 amide bonds. The van der Waals surface area contributed by atoms with Gasteiger partial charge in [0, 0.05) is 12.7 Å². The number of halogens is 1. The van der Waals surface area contributed by atoms with Crippen LogP contribution in [-0.2, 0) is 4.84 Å². The van der Waals surface area contributed by atoms with Crippen molar-refractivity contribution >= 4 is 21.7 Å². The van der Waals surface area contributed by atoms with Gasteiger partial charge in [-0.2, -0.15) is 0 Å². The lowest BCUT2D eigenvalue weighted by Crippen LogP contribution is -2.30. The Morgan fingerprint density at radius 3 is 3.08 bits per heavy atom. The van der Waals surface area contributed by atoms with Crippen LogP contribution in [0, 0.1) is 0 Å². The molecule has 1 saturated heterocycles. The summed E-state index contributed by atoms with van der Waals surface area (Å²) in [6.07, 6.45) is 4.09. The van der Waals surface area contributed by atoms with E-state index < -0.39 is 0 Å². The molecule has 0 aromatic carbocycles. The molecule has 0 radical (unpaired) electrons. The normalized spacial score (nSPS) is 17.5. The minimum Gasteiger partial charge on any atom is -0.272 e. The Balaban J connectivity index is 2.18. The Morgan fingerprint density at radius 2 is 2.38 bits per heavy atom. The second-order valence-corrected chi connectivity index (χ2v) is 3.81. The summed E-state index contributed by atoms with van der Waals surface area (Å²) in [6, 6.07) is 3.87. The van der Waals surface area contributed by atoms with Crippen molar-refractivity contribution in [2.45, 2.75) is 12.8 Å². The fraction of sp³-hybridized carbons (Fsp3) is 0.444. The van der Waals surface area contributed by atoms with Crippen molar-refractivity contribution in [2.75, 3.05) is 18.2 Å². The van der Waals surface area contributed by atoms with E-state index in [-0.39, 0.29) is 0 Å². The summed E-state index contributed by atoms with van der Waals surface area (Å²) < 4.78 is 0.983. The fourth-order valence-corrected chi connectivity index (χ4v) is 1.78. The summed E-state index contributed by atoms with van der Waals surface area (Å²) in [4.78, 5) is 9.74. The quantitative estimate of drug-likeness (QED) is 0.757. The average Bonchev–Trinajstić information content (AvgIpc) is 2.20. The molecule has 0 bridgehead atoms. The zero-order valence-electron chi connectivity index (χ0n) is 7.24. The standard InChI is InChI=1S/C9H11BrN2O/c10-8-4-3-5-11-9(8)12-6-1-2-7-13-12/h3-5H,1-2,6-7H2. The average molecular weight is 243 g/mol. The van der Waals surface area contributed by atoms with Gasteiger partial charge in [0.1, 0.15) is 0 Å². The van der Waals surface area contributed by atoms with Crippen LogP contribution in [0.4, 0.5) is 5.82 Å². The Bertz CT molecular complexity index is 287. The van der Waals surface area contributed by atoms with Gasteiger partial charge in [-0.1, -0.05) is 0 Å². The number of hydrogen-bond acceptors (Lipinski definition) is 3. The monoisotopic (exact) mass is 242 g/mol. The molecule has 4 heteroatoms. The van der Waals surface area contributed by atoms with E-state index in [1.54, 1.807) is 6.20 Å². The molecule has 0 N–H and O–H groups in total. The minimum atomic E-state index is 0.795. The summed E-state index contributed by atoms with van der Waals surface area (Å²) in [5.74, 6) is 0.877. The van der Waals surface area contributed by atoms with E-state index in [4.69, 9.17) is 4.84 Å². The van der Waals surface area contributed by atoms with E-state index in [0.29, 0.717) is 0 Å². The van der Waals surface area contributed by atoms with Crippen LogP contribution >= 0.6 is 15.9 Å². The number of anilines is 1. The first-order valence-electron chi connectivity index (χ1n) is 4.39. The van der Waals surface area contributed by atoms with Crippen LogP contribution in [0.15, 0.2) is 22.8 Å². The van der Waals surface area contributed by atoms with E-state index in [2.05, 4.69) is 20.9 Å². The Kier molecular flexibility index (Phi) is 2.80.